The molecule has 11 heteroatoms. The summed E-state index contributed by atoms with van der Waals surface area (Å²) in [6.45, 7) is 25.2. The molecule has 0 aliphatic carbocycles. The van der Waals surface area contributed by atoms with Gasteiger partial charge in [-0.05, 0) is 32.0 Å². The van der Waals surface area contributed by atoms with E-state index in [9.17, 15) is 0 Å². The maximum Gasteiger partial charge on any atom is 0.192 e. The first-order chi connectivity index (χ1) is 18.2. The highest BCUT2D eigenvalue weighted by molar-refractivity contribution is 6.74. The lowest BCUT2D eigenvalue weighted by molar-refractivity contribution is -0.0271. The lowest BCUT2D eigenvalue weighted by atomic mass is 10.2. The molecule has 10 nitrogen and oxygen atoms in total. The molecule has 0 saturated carbocycles. The van der Waals surface area contributed by atoms with Gasteiger partial charge >= 0.3 is 0 Å². The van der Waals surface area contributed by atoms with E-state index in [2.05, 4.69) is 33.9 Å². The Hall–Kier alpha value is -0.183. The quantitative estimate of drug-likeness (QED) is 0.0982. The number of hydrogen-bond acceptors (Lipinski definition) is 10. The van der Waals surface area contributed by atoms with Crippen molar-refractivity contribution in [1.82, 2.24) is 0 Å². The van der Waals surface area contributed by atoms with Crippen LogP contribution < -0.4 is 0 Å². The van der Waals surface area contributed by atoms with Gasteiger partial charge in [0.2, 0.25) is 0 Å². The van der Waals surface area contributed by atoms with Crippen molar-refractivity contribution in [2.24, 2.45) is 0 Å². The van der Waals surface area contributed by atoms with Gasteiger partial charge in [0, 0.05) is 0 Å². The smallest absolute Gasteiger partial charge is 0.192 e. The molecule has 0 rings (SSSR count). The highest BCUT2D eigenvalue weighted by atomic mass is 28.4. The molecule has 0 aliphatic rings. The molecule has 38 heavy (non-hydrogen) atoms. The predicted octanol–water partition coefficient (Wildman–Crippen LogP) is 3.57. The highest BCUT2D eigenvalue weighted by Crippen LogP contribution is 2.36. The van der Waals surface area contributed by atoms with Crippen molar-refractivity contribution in [3.05, 3.63) is 0 Å². The third-order valence-electron chi connectivity index (χ3n) is 5.78. The van der Waals surface area contributed by atoms with Crippen LogP contribution in [0.1, 0.15) is 34.6 Å². The molecule has 230 valence electrons. The number of rotatable bonds is 29. The molecule has 0 heterocycles. The molecule has 0 N–H and O–H groups in total. The zero-order valence-electron chi connectivity index (χ0n) is 25.4. The van der Waals surface area contributed by atoms with Gasteiger partial charge in [0.05, 0.1) is 125 Å². The molecule has 0 unspecified atom stereocenters. The van der Waals surface area contributed by atoms with Crippen molar-refractivity contribution >= 4 is 8.32 Å². The lowest BCUT2D eigenvalue weighted by Crippen LogP contribution is -2.41. The summed E-state index contributed by atoms with van der Waals surface area (Å²) in [4.78, 5) is 0. The third-order valence-corrected chi connectivity index (χ3v) is 10.3. The van der Waals surface area contributed by atoms with Gasteiger partial charge in [-0.15, -0.1) is 0 Å². The third kappa shape index (κ3) is 26.1. The SMILES string of the molecule is CC(C)OCCOCCOCCOCCOCCOCCOCCOCCOCCO[Si](C)(C)C(C)(C)C. The molecule has 0 aliphatic heterocycles. The van der Waals surface area contributed by atoms with Crippen molar-refractivity contribution in [3.8, 4) is 0 Å². The van der Waals surface area contributed by atoms with Crippen LogP contribution in [0.25, 0.3) is 0 Å². The summed E-state index contributed by atoms with van der Waals surface area (Å²) in [5.74, 6) is 0. The van der Waals surface area contributed by atoms with Crippen molar-refractivity contribution in [2.75, 3.05) is 119 Å². The Bertz CT molecular complexity index is 489. The van der Waals surface area contributed by atoms with Gasteiger partial charge in [-0.1, -0.05) is 20.8 Å². The lowest BCUT2D eigenvalue weighted by Gasteiger charge is -2.36. The highest BCUT2D eigenvalue weighted by Gasteiger charge is 2.36. The van der Waals surface area contributed by atoms with E-state index in [0.717, 1.165) is 0 Å². The van der Waals surface area contributed by atoms with Crippen LogP contribution >= 0.6 is 0 Å². The topological polar surface area (TPSA) is 92.3 Å². The van der Waals surface area contributed by atoms with Crippen LogP contribution in [0.2, 0.25) is 18.1 Å². The summed E-state index contributed by atoms with van der Waals surface area (Å²) in [7, 11) is -1.69. The van der Waals surface area contributed by atoms with E-state index in [1.165, 1.54) is 0 Å². The Labute approximate surface area is 233 Å². The van der Waals surface area contributed by atoms with Gasteiger partial charge in [-0.3, -0.25) is 0 Å². The Balaban J connectivity index is 3.14. The maximum absolute atomic E-state index is 6.07. The molecule has 0 aromatic heterocycles. The van der Waals surface area contributed by atoms with Crippen LogP contribution in [0.5, 0.6) is 0 Å². The Morgan fingerprint density at radius 1 is 0.421 bits per heavy atom. The van der Waals surface area contributed by atoms with E-state index in [4.69, 9.17) is 47.1 Å². The minimum absolute atomic E-state index is 0.223. The van der Waals surface area contributed by atoms with Gasteiger partial charge in [-0.25, -0.2) is 0 Å². The van der Waals surface area contributed by atoms with Crippen molar-refractivity contribution in [3.63, 3.8) is 0 Å². The molecular weight excluding hydrogens is 512 g/mol. The van der Waals surface area contributed by atoms with E-state index in [0.29, 0.717) is 119 Å². The van der Waals surface area contributed by atoms with Gasteiger partial charge in [0.1, 0.15) is 0 Å². The minimum Gasteiger partial charge on any atom is -0.414 e. The average molecular weight is 571 g/mol. The van der Waals surface area contributed by atoms with E-state index in [1.807, 2.05) is 13.8 Å². The number of ether oxygens (including phenoxy) is 9. The first kappa shape index (κ1) is 37.8. The molecule has 0 aromatic carbocycles. The number of hydrogen-bond donors (Lipinski definition) is 0. The molecule has 0 amide bonds. The normalized spacial score (nSPS) is 12.6. The molecule has 0 aromatic rings. The molecular formula is C27H58O10Si. The molecule has 0 radical (unpaired) electrons. The fourth-order valence-electron chi connectivity index (χ4n) is 2.56. The summed E-state index contributed by atoms with van der Waals surface area (Å²) in [5, 5.41) is 0.223. The summed E-state index contributed by atoms with van der Waals surface area (Å²) in [6, 6.07) is 0. The fraction of sp³-hybridized carbons (Fsp3) is 1.00. The van der Waals surface area contributed by atoms with Crippen LogP contribution in [0.15, 0.2) is 0 Å². The first-order valence-electron chi connectivity index (χ1n) is 14.0. The predicted molar refractivity (Wildman–Crippen MR) is 151 cm³/mol. The molecule has 0 fully saturated rings. The van der Waals surface area contributed by atoms with E-state index in [-0.39, 0.29) is 11.1 Å². The van der Waals surface area contributed by atoms with Gasteiger partial charge in [-0.2, -0.15) is 0 Å². The molecule has 0 atom stereocenters. The van der Waals surface area contributed by atoms with Crippen molar-refractivity contribution in [1.29, 1.82) is 0 Å². The Kier molecular flexibility index (Phi) is 25.6. The zero-order valence-corrected chi connectivity index (χ0v) is 26.4. The largest absolute Gasteiger partial charge is 0.414 e. The molecule has 0 bridgehead atoms. The Morgan fingerprint density at radius 2 is 0.658 bits per heavy atom. The van der Waals surface area contributed by atoms with Gasteiger partial charge < -0.3 is 47.1 Å². The first-order valence-corrected chi connectivity index (χ1v) is 16.9. The molecule has 0 spiro atoms. The summed E-state index contributed by atoms with van der Waals surface area (Å²) in [5.41, 5.74) is 0. The second-order valence-corrected chi connectivity index (χ2v) is 15.2. The van der Waals surface area contributed by atoms with E-state index in [1.54, 1.807) is 0 Å². The van der Waals surface area contributed by atoms with Gasteiger partial charge in [0.25, 0.3) is 0 Å². The minimum atomic E-state index is -1.69. The van der Waals surface area contributed by atoms with Crippen molar-refractivity contribution < 1.29 is 47.1 Å². The van der Waals surface area contributed by atoms with Crippen molar-refractivity contribution in [2.45, 2.75) is 58.9 Å². The van der Waals surface area contributed by atoms with Gasteiger partial charge in [0.15, 0.2) is 8.32 Å². The molecule has 0 saturated heterocycles. The van der Waals surface area contributed by atoms with Crippen LogP contribution in [0.4, 0.5) is 0 Å². The Morgan fingerprint density at radius 3 is 0.895 bits per heavy atom. The summed E-state index contributed by atoms with van der Waals surface area (Å²) < 4.78 is 55.3. The fourth-order valence-corrected chi connectivity index (χ4v) is 3.58. The van der Waals surface area contributed by atoms with Crippen LogP contribution in [0.3, 0.4) is 0 Å². The maximum atomic E-state index is 6.07. The van der Waals surface area contributed by atoms with Crippen LogP contribution in [-0.4, -0.2) is 133 Å². The van der Waals surface area contributed by atoms with E-state index < -0.39 is 8.32 Å². The standard InChI is InChI=1S/C27H58O10Si/c1-26(2)36-24-22-34-20-18-32-16-14-30-12-10-28-8-9-29-11-13-31-15-17-33-19-21-35-23-25-37-38(6,7)27(3,4)5/h26H,8-25H2,1-7H3. The zero-order chi connectivity index (χ0) is 28.4. The second kappa shape index (κ2) is 25.8. The monoisotopic (exact) mass is 570 g/mol. The summed E-state index contributed by atoms with van der Waals surface area (Å²) >= 11 is 0. The average Bonchev–Trinajstić information content (AvgIpc) is 2.84. The summed E-state index contributed by atoms with van der Waals surface area (Å²) in [6.07, 6.45) is 0.237. The van der Waals surface area contributed by atoms with Crippen LogP contribution in [0, 0.1) is 0 Å². The second-order valence-electron chi connectivity index (χ2n) is 10.4. The van der Waals surface area contributed by atoms with Crippen LogP contribution in [-0.2, 0) is 47.1 Å². The van der Waals surface area contributed by atoms with E-state index >= 15 is 0 Å².